The molecule has 0 aromatic carbocycles. The van der Waals surface area contributed by atoms with Gasteiger partial charge in [0.05, 0.1) is 6.10 Å². The highest BCUT2D eigenvalue weighted by Crippen LogP contribution is 2.10. The molecule has 0 saturated carbocycles. The average Bonchev–Trinajstić information content (AvgIpc) is 1.97. The fraction of sp³-hybridized carbons (Fsp3) is 0.857. The minimum Gasteiger partial charge on any atom is -0.460 e. The van der Waals surface area contributed by atoms with Crippen molar-refractivity contribution >= 4 is 18.6 Å². The number of methoxy groups -OCH3 is 1. The van der Waals surface area contributed by atoms with Crippen LogP contribution in [0.1, 0.15) is 13.8 Å². The van der Waals surface area contributed by atoms with Crippen LogP contribution < -0.4 is 0 Å². The second kappa shape index (κ2) is 4.69. The molecule has 12 heavy (non-hydrogen) atoms. The van der Waals surface area contributed by atoms with E-state index in [1.165, 1.54) is 14.0 Å². The number of hydrogen-bond acceptors (Lipinski definition) is 5. The van der Waals surface area contributed by atoms with Gasteiger partial charge in [-0.1, -0.05) is 0 Å². The van der Waals surface area contributed by atoms with Gasteiger partial charge in [0.1, 0.15) is 6.61 Å². The molecular formula is C7H14O4S. The molecule has 0 radical (unpaired) electrons. The van der Waals surface area contributed by atoms with Crippen LogP contribution in [0.4, 0.5) is 0 Å². The Morgan fingerprint density at radius 3 is 2.58 bits per heavy atom. The van der Waals surface area contributed by atoms with E-state index >= 15 is 0 Å². The predicted octanol–water partition coefficient (Wildman–Crippen LogP) is 0.203. The second-order valence-corrected chi connectivity index (χ2v) is 3.54. The third-order valence-corrected chi connectivity index (χ3v) is 1.42. The lowest BCUT2D eigenvalue weighted by Crippen LogP contribution is -2.32. The van der Waals surface area contributed by atoms with E-state index in [1.807, 2.05) is 0 Å². The van der Waals surface area contributed by atoms with E-state index < -0.39 is 10.9 Å². The lowest BCUT2D eigenvalue weighted by molar-refractivity contribution is -0.158. The molecule has 0 heterocycles. The summed E-state index contributed by atoms with van der Waals surface area (Å²) < 4.78 is 9.50. The Bertz CT molecular complexity index is 152. The van der Waals surface area contributed by atoms with Crippen LogP contribution in [0, 0.1) is 0 Å². The number of esters is 1. The summed E-state index contributed by atoms with van der Waals surface area (Å²) in [7, 11) is 1.51. The molecule has 0 amide bonds. The molecule has 72 valence electrons. The van der Waals surface area contributed by atoms with E-state index in [4.69, 9.17) is 9.84 Å². The fourth-order valence-electron chi connectivity index (χ4n) is 0.398. The number of hydrogen-bond donors (Lipinski definition) is 2. The van der Waals surface area contributed by atoms with Crippen LogP contribution in [0.15, 0.2) is 0 Å². The van der Waals surface area contributed by atoms with Crippen molar-refractivity contribution in [2.24, 2.45) is 0 Å². The lowest BCUT2D eigenvalue weighted by atomic mass is 10.4. The minimum atomic E-state index is -1.73. The molecule has 0 saturated heterocycles. The molecule has 0 aromatic heterocycles. The van der Waals surface area contributed by atoms with Gasteiger partial charge in [-0.3, -0.25) is 0 Å². The first-order chi connectivity index (χ1) is 5.38. The third-order valence-electron chi connectivity index (χ3n) is 1.24. The normalized spacial score (nSPS) is 18.1. The average molecular weight is 194 g/mol. The quantitative estimate of drug-likeness (QED) is 0.381. The van der Waals surface area contributed by atoms with Gasteiger partial charge in [-0.05, 0) is 13.8 Å². The highest BCUT2D eigenvalue weighted by molar-refractivity contribution is 7.82. The fourth-order valence-corrected chi connectivity index (χ4v) is 0.462. The van der Waals surface area contributed by atoms with Crippen LogP contribution in [0.3, 0.4) is 0 Å². The van der Waals surface area contributed by atoms with Crippen molar-refractivity contribution in [3.8, 4) is 0 Å². The standard InChI is InChI=1S/C7H14O4S/c1-5(10-3)4-11-6(8)7(2,9)12/h5,9,12H,4H2,1-3H3. The highest BCUT2D eigenvalue weighted by atomic mass is 32.1. The summed E-state index contributed by atoms with van der Waals surface area (Å²) in [5.41, 5.74) is 0. The Morgan fingerprint density at radius 1 is 1.75 bits per heavy atom. The molecule has 4 nitrogen and oxygen atoms in total. The summed E-state index contributed by atoms with van der Waals surface area (Å²) in [6, 6.07) is 0. The molecule has 0 aliphatic rings. The molecule has 1 N–H and O–H groups in total. The summed E-state index contributed by atoms with van der Waals surface area (Å²) in [5.74, 6) is -0.769. The number of rotatable bonds is 4. The summed E-state index contributed by atoms with van der Waals surface area (Å²) in [5, 5.41) is 9.02. The first-order valence-corrected chi connectivity index (χ1v) is 3.97. The number of ether oxygens (including phenoxy) is 2. The minimum absolute atomic E-state index is 0.117. The number of carbonyl (C=O) groups excluding carboxylic acids is 1. The van der Waals surface area contributed by atoms with E-state index in [0.29, 0.717) is 0 Å². The molecule has 0 aliphatic heterocycles. The van der Waals surface area contributed by atoms with Gasteiger partial charge in [0.2, 0.25) is 4.93 Å². The van der Waals surface area contributed by atoms with Crippen molar-refractivity contribution in [1.29, 1.82) is 0 Å². The molecule has 5 heteroatoms. The molecular weight excluding hydrogens is 180 g/mol. The molecule has 0 fully saturated rings. The van der Waals surface area contributed by atoms with Gasteiger partial charge < -0.3 is 14.6 Å². The topological polar surface area (TPSA) is 55.8 Å². The molecule has 2 atom stereocenters. The van der Waals surface area contributed by atoms with E-state index in [9.17, 15) is 4.79 Å². The summed E-state index contributed by atoms with van der Waals surface area (Å²) >= 11 is 3.62. The van der Waals surface area contributed by atoms with Crippen LogP contribution in [0.2, 0.25) is 0 Å². The molecule has 0 spiro atoms. The van der Waals surface area contributed by atoms with Crippen molar-refractivity contribution in [3.63, 3.8) is 0 Å². The van der Waals surface area contributed by atoms with Crippen molar-refractivity contribution in [2.75, 3.05) is 13.7 Å². The zero-order valence-corrected chi connectivity index (χ0v) is 8.30. The van der Waals surface area contributed by atoms with E-state index in [-0.39, 0.29) is 12.7 Å². The summed E-state index contributed by atoms with van der Waals surface area (Å²) in [4.78, 5) is 9.15. The van der Waals surface area contributed by atoms with E-state index in [1.54, 1.807) is 6.92 Å². The van der Waals surface area contributed by atoms with E-state index in [0.717, 1.165) is 0 Å². The maximum atomic E-state index is 10.9. The van der Waals surface area contributed by atoms with Gasteiger partial charge in [-0.25, -0.2) is 4.79 Å². The number of thiol groups is 1. The van der Waals surface area contributed by atoms with Gasteiger partial charge in [0.25, 0.3) is 0 Å². The zero-order chi connectivity index (χ0) is 9.78. The molecule has 0 aliphatic carbocycles. The smallest absolute Gasteiger partial charge is 0.348 e. The van der Waals surface area contributed by atoms with Crippen LogP contribution in [-0.4, -0.2) is 35.8 Å². The van der Waals surface area contributed by atoms with E-state index in [2.05, 4.69) is 17.4 Å². The van der Waals surface area contributed by atoms with Crippen LogP contribution >= 0.6 is 12.6 Å². The Morgan fingerprint density at radius 2 is 2.25 bits per heavy atom. The molecule has 0 aromatic rings. The Labute approximate surface area is 77.3 Å². The predicted molar refractivity (Wildman–Crippen MR) is 47.0 cm³/mol. The van der Waals surface area contributed by atoms with Gasteiger partial charge in [0.15, 0.2) is 0 Å². The lowest BCUT2D eigenvalue weighted by Gasteiger charge is -2.16. The second-order valence-electron chi connectivity index (χ2n) is 2.67. The first-order valence-electron chi connectivity index (χ1n) is 3.52. The van der Waals surface area contributed by atoms with Crippen molar-refractivity contribution in [2.45, 2.75) is 24.9 Å². The summed E-state index contributed by atoms with van der Waals surface area (Å²) in [6.07, 6.45) is -0.176. The number of aliphatic hydroxyl groups is 1. The van der Waals surface area contributed by atoms with Gasteiger partial charge in [-0.15, -0.1) is 12.6 Å². The SMILES string of the molecule is COC(C)COC(=O)C(C)(O)S. The Hall–Kier alpha value is -0.260. The van der Waals surface area contributed by atoms with Crippen molar-refractivity contribution in [3.05, 3.63) is 0 Å². The molecule has 0 bridgehead atoms. The highest BCUT2D eigenvalue weighted by Gasteiger charge is 2.27. The zero-order valence-electron chi connectivity index (χ0n) is 7.40. The molecule has 2 unspecified atom stereocenters. The van der Waals surface area contributed by atoms with Gasteiger partial charge >= 0.3 is 5.97 Å². The Kier molecular flexibility index (Phi) is 4.59. The monoisotopic (exact) mass is 194 g/mol. The maximum Gasteiger partial charge on any atom is 0.348 e. The Balaban J connectivity index is 3.73. The molecule has 0 rings (SSSR count). The van der Waals surface area contributed by atoms with Crippen molar-refractivity contribution < 1.29 is 19.4 Å². The van der Waals surface area contributed by atoms with Gasteiger partial charge in [-0.2, -0.15) is 0 Å². The number of carbonyl (C=O) groups is 1. The first kappa shape index (κ1) is 11.7. The van der Waals surface area contributed by atoms with Crippen LogP contribution in [0.5, 0.6) is 0 Å². The summed E-state index contributed by atoms with van der Waals surface area (Å²) in [6.45, 7) is 3.11. The third kappa shape index (κ3) is 4.58. The maximum absolute atomic E-state index is 10.9. The largest absolute Gasteiger partial charge is 0.460 e. The van der Waals surface area contributed by atoms with Gasteiger partial charge in [0, 0.05) is 7.11 Å². The van der Waals surface area contributed by atoms with Crippen molar-refractivity contribution in [1.82, 2.24) is 0 Å². The van der Waals surface area contributed by atoms with Crippen LogP contribution in [0.25, 0.3) is 0 Å². The van der Waals surface area contributed by atoms with Crippen LogP contribution in [-0.2, 0) is 14.3 Å².